The number of amides is 1. The summed E-state index contributed by atoms with van der Waals surface area (Å²) in [6.07, 6.45) is 6.78. The number of aryl methyl sites for hydroxylation is 1. The molecule has 2 rings (SSSR count). The number of nitrogens with one attached hydrogen (secondary N) is 1. The first-order valence-electron chi connectivity index (χ1n) is 5.77. The number of hydrogen-bond acceptors (Lipinski definition) is 3. The van der Waals surface area contributed by atoms with Gasteiger partial charge in [-0.1, -0.05) is 11.6 Å². The predicted molar refractivity (Wildman–Crippen MR) is 78.1 cm³/mol. The SMILES string of the molecule is CC(NC(=O)/C=C/c1cnn(C)c1)c1ccc(Cl)s1. The molecule has 1 N–H and O–H groups in total. The highest BCUT2D eigenvalue weighted by atomic mass is 35.5. The molecule has 4 nitrogen and oxygen atoms in total. The fourth-order valence-electron chi connectivity index (χ4n) is 1.59. The Balaban J connectivity index is 1.92. The summed E-state index contributed by atoms with van der Waals surface area (Å²) >= 11 is 7.34. The maximum atomic E-state index is 11.8. The van der Waals surface area contributed by atoms with Gasteiger partial charge in [0, 0.05) is 29.8 Å². The monoisotopic (exact) mass is 295 g/mol. The molecule has 100 valence electrons. The molecule has 1 atom stereocenters. The molecule has 0 spiro atoms. The average molecular weight is 296 g/mol. The molecule has 2 aromatic heterocycles. The molecule has 1 unspecified atom stereocenters. The Labute approximate surface area is 120 Å². The van der Waals surface area contributed by atoms with E-state index in [-0.39, 0.29) is 11.9 Å². The highest BCUT2D eigenvalue weighted by molar-refractivity contribution is 7.16. The molecule has 0 fully saturated rings. The molecule has 0 aliphatic rings. The van der Waals surface area contributed by atoms with Crippen LogP contribution in [0.5, 0.6) is 0 Å². The maximum absolute atomic E-state index is 11.8. The number of halogens is 1. The fourth-order valence-corrected chi connectivity index (χ4v) is 2.66. The smallest absolute Gasteiger partial charge is 0.244 e. The van der Waals surface area contributed by atoms with Gasteiger partial charge in [-0.05, 0) is 25.1 Å². The van der Waals surface area contributed by atoms with Gasteiger partial charge in [-0.3, -0.25) is 9.48 Å². The summed E-state index contributed by atoms with van der Waals surface area (Å²) in [7, 11) is 1.83. The van der Waals surface area contributed by atoms with Gasteiger partial charge in [0.2, 0.25) is 5.91 Å². The third kappa shape index (κ3) is 3.94. The van der Waals surface area contributed by atoms with Gasteiger partial charge in [0.25, 0.3) is 0 Å². The summed E-state index contributed by atoms with van der Waals surface area (Å²) in [6, 6.07) is 3.70. The Kier molecular flexibility index (Phi) is 4.39. The van der Waals surface area contributed by atoms with Crippen molar-refractivity contribution in [3.05, 3.63) is 45.4 Å². The Morgan fingerprint density at radius 2 is 2.37 bits per heavy atom. The lowest BCUT2D eigenvalue weighted by Gasteiger charge is -2.09. The van der Waals surface area contributed by atoms with E-state index in [2.05, 4.69) is 10.4 Å². The van der Waals surface area contributed by atoms with Crippen LogP contribution in [0.15, 0.2) is 30.6 Å². The first-order chi connectivity index (χ1) is 9.04. The van der Waals surface area contributed by atoms with Crippen molar-refractivity contribution in [2.24, 2.45) is 7.05 Å². The molecule has 0 aliphatic carbocycles. The zero-order valence-corrected chi connectivity index (χ0v) is 12.2. The summed E-state index contributed by atoms with van der Waals surface area (Å²) < 4.78 is 2.41. The summed E-state index contributed by atoms with van der Waals surface area (Å²) in [5, 5.41) is 6.91. The lowest BCUT2D eigenvalue weighted by atomic mass is 10.2. The highest BCUT2D eigenvalue weighted by Gasteiger charge is 2.09. The number of aromatic nitrogens is 2. The summed E-state index contributed by atoms with van der Waals surface area (Å²) in [6.45, 7) is 1.93. The van der Waals surface area contributed by atoms with Crippen molar-refractivity contribution in [2.75, 3.05) is 0 Å². The van der Waals surface area contributed by atoms with E-state index in [0.717, 1.165) is 14.8 Å². The van der Waals surface area contributed by atoms with E-state index >= 15 is 0 Å². The number of rotatable bonds is 4. The van der Waals surface area contributed by atoms with Crippen LogP contribution in [0.25, 0.3) is 6.08 Å². The van der Waals surface area contributed by atoms with E-state index in [1.165, 1.54) is 17.4 Å². The minimum Gasteiger partial charge on any atom is -0.345 e. The minimum atomic E-state index is -0.138. The van der Waals surface area contributed by atoms with Crippen molar-refractivity contribution in [1.29, 1.82) is 0 Å². The van der Waals surface area contributed by atoms with Crippen LogP contribution in [0.2, 0.25) is 4.34 Å². The summed E-state index contributed by atoms with van der Waals surface area (Å²) in [5.41, 5.74) is 0.893. The van der Waals surface area contributed by atoms with E-state index < -0.39 is 0 Å². The molecule has 6 heteroatoms. The second-order valence-electron chi connectivity index (χ2n) is 4.15. The molecular formula is C13H14ClN3OS. The Morgan fingerprint density at radius 3 is 2.95 bits per heavy atom. The second-order valence-corrected chi connectivity index (χ2v) is 5.90. The third-order valence-corrected chi connectivity index (χ3v) is 3.95. The van der Waals surface area contributed by atoms with E-state index in [1.807, 2.05) is 32.3 Å². The summed E-state index contributed by atoms with van der Waals surface area (Å²) in [5.74, 6) is -0.138. The average Bonchev–Trinajstić information content (AvgIpc) is 2.95. The van der Waals surface area contributed by atoms with Crippen LogP contribution in [0.4, 0.5) is 0 Å². The first-order valence-corrected chi connectivity index (χ1v) is 6.96. The van der Waals surface area contributed by atoms with Gasteiger partial charge in [-0.25, -0.2) is 0 Å². The lowest BCUT2D eigenvalue weighted by molar-refractivity contribution is -0.117. The summed E-state index contributed by atoms with van der Waals surface area (Å²) in [4.78, 5) is 12.8. The molecule has 0 radical (unpaired) electrons. The van der Waals surface area contributed by atoms with E-state index in [9.17, 15) is 4.79 Å². The molecule has 0 bridgehead atoms. The van der Waals surface area contributed by atoms with Crippen LogP contribution >= 0.6 is 22.9 Å². The van der Waals surface area contributed by atoms with E-state index in [1.54, 1.807) is 17.0 Å². The van der Waals surface area contributed by atoms with Crippen LogP contribution < -0.4 is 5.32 Å². The molecule has 2 aromatic rings. The molecule has 2 heterocycles. The topological polar surface area (TPSA) is 46.9 Å². The van der Waals surface area contributed by atoms with Crippen LogP contribution in [0.1, 0.15) is 23.4 Å². The Morgan fingerprint density at radius 1 is 1.58 bits per heavy atom. The van der Waals surface area contributed by atoms with Crippen LogP contribution in [-0.4, -0.2) is 15.7 Å². The molecule has 0 saturated heterocycles. The number of carbonyl (C=O) groups excluding carboxylic acids is 1. The molecular weight excluding hydrogens is 282 g/mol. The number of carbonyl (C=O) groups is 1. The van der Waals surface area contributed by atoms with Gasteiger partial charge in [0.15, 0.2) is 0 Å². The van der Waals surface area contributed by atoms with Crippen molar-refractivity contribution in [3.63, 3.8) is 0 Å². The quantitative estimate of drug-likeness (QED) is 0.881. The van der Waals surface area contributed by atoms with Gasteiger partial charge in [-0.2, -0.15) is 5.10 Å². The number of thiophene rings is 1. The van der Waals surface area contributed by atoms with E-state index in [0.29, 0.717) is 0 Å². The predicted octanol–water partition coefficient (Wildman–Crippen LogP) is 3.03. The minimum absolute atomic E-state index is 0.0523. The largest absolute Gasteiger partial charge is 0.345 e. The lowest BCUT2D eigenvalue weighted by Crippen LogP contribution is -2.23. The Hall–Kier alpha value is -1.59. The van der Waals surface area contributed by atoms with Gasteiger partial charge in [-0.15, -0.1) is 11.3 Å². The first kappa shape index (κ1) is 13.8. The molecule has 0 saturated carbocycles. The number of hydrogen-bond donors (Lipinski definition) is 1. The standard InChI is InChI=1S/C13H14ClN3OS/c1-9(11-4-5-12(14)19-11)16-13(18)6-3-10-7-15-17(2)8-10/h3-9H,1-2H3,(H,16,18)/b6-3+. The molecule has 0 aliphatic heterocycles. The van der Waals surface area contributed by atoms with Crippen LogP contribution in [-0.2, 0) is 11.8 Å². The zero-order chi connectivity index (χ0) is 13.8. The zero-order valence-electron chi connectivity index (χ0n) is 10.6. The maximum Gasteiger partial charge on any atom is 0.244 e. The van der Waals surface area contributed by atoms with Crippen LogP contribution in [0.3, 0.4) is 0 Å². The van der Waals surface area contributed by atoms with E-state index in [4.69, 9.17) is 11.6 Å². The van der Waals surface area contributed by atoms with Gasteiger partial charge < -0.3 is 5.32 Å². The van der Waals surface area contributed by atoms with Gasteiger partial charge >= 0.3 is 0 Å². The second kappa shape index (κ2) is 6.04. The molecule has 19 heavy (non-hydrogen) atoms. The molecule has 0 aromatic carbocycles. The van der Waals surface area contributed by atoms with Crippen molar-refractivity contribution in [3.8, 4) is 0 Å². The third-order valence-electron chi connectivity index (χ3n) is 2.53. The van der Waals surface area contributed by atoms with Crippen molar-refractivity contribution in [1.82, 2.24) is 15.1 Å². The highest BCUT2D eigenvalue weighted by Crippen LogP contribution is 2.26. The van der Waals surface area contributed by atoms with Crippen molar-refractivity contribution < 1.29 is 4.79 Å². The fraction of sp³-hybridized carbons (Fsp3) is 0.231. The number of nitrogens with zero attached hydrogens (tertiary/aromatic N) is 2. The van der Waals surface area contributed by atoms with Crippen LogP contribution in [0, 0.1) is 0 Å². The molecule has 1 amide bonds. The normalized spacial score (nSPS) is 12.8. The van der Waals surface area contributed by atoms with Gasteiger partial charge in [0.1, 0.15) is 0 Å². The Bertz CT molecular complexity index is 603. The van der Waals surface area contributed by atoms with Crippen molar-refractivity contribution in [2.45, 2.75) is 13.0 Å². The van der Waals surface area contributed by atoms with Crippen molar-refractivity contribution >= 4 is 34.9 Å². The van der Waals surface area contributed by atoms with Gasteiger partial charge in [0.05, 0.1) is 16.6 Å².